The molecule has 1 aromatic rings. The summed E-state index contributed by atoms with van der Waals surface area (Å²) >= 11 is 1.71. The van der Waals surface area contributed by atoms with E-state index in [0.29, 0.717) is 6.79 Å². The van der Waals surface area contributed by atoms with Crippen LogP contribution in [-0.4, -0.2) is 29.9 Å². The second kappa shape index (κ2) is 5.52. The molecule has 0 aromatic heterocycles. The quantitative estimate of drug-likeness (QED) is 0.863. The summed E-state index contributed by atoms with van der Waals surface area (Å²) < 4.78 is 10.8. The molecule has 5 nitrogen and oxygen atoms in total. The van der Waals surface area contributed by atoms with E-state index in [1.54, 1.807) is 11.8 Å². The number of nitrogens with two attached hydrogens (primary N) is 1. The van der Waals surface area contributed by atoms with Crippen LogP contribution >= 0.6 is 11.8 Å². The predicted octanol–water partition coefficient (Wildman–Crippen LogP) is 2.87. The molecular formula is C16H19N3O2S. The van der Waals surface area contributed by atoms with E-state index < -0.39 is 0 Å². The second-order valence-corrected chi connectivity index (χ2v) is 6.76. The number of nitrogens with zero attached hydrogens (tertiary/aromatic N) is 2. The van der Waals surface area contributed by atoms with Crippen LogP contribution < -0.4 is 15.2 Å². The van der Waals surface area contributed by atoms with Crippen molar-refractivity contribution in [3.8, 4) is 11.5 Å². The van der Waals surface area contributed by atoms with E-state index in [1.807, 2.05) is 30.3 Å². The first-order valence-corrected chi connectivity index (χ1v) is 8.43. The van der Waals surface area contributed by atoms with Crippen molar-refractivity contribution in [2.24, 2.45) is 10.8 Å². The van der Waals surface area contributed by atoms with Gasteiger partial charge < -0.3 is 15.2 Å². The van der Waals surface area contributed by atoms with E-state index in [2.05, 4.69) is 5.10 Å². The molecule has 2 N–H and O–H groups in total. The molecule has 6 heteroatoms. The lowest BCUT2D eigenvalue weighted by molar-refractivity contribution is 0.174. The third-order valence-corrected chi connectivity index (χ3v) is 5.51. The number of hydrogen-bond donors (Lipinski definition) is 1. The third-order valence-electron chi connectivity index (χ3n) is 4.28. The van der Waals surface area contributed by atoms with Crippen LogP contribution in [-0.2, 0) is 0 Å². The van der Waals surface area contributed by atoms with E-state index in [0.717, 1.165) is 34.9 Å². The Hall–Kier alpha value is -1.66. The lowest BCUT2D eigenvalue weighted by Crippen LogP contribution is -2.28. The molecule has 1 fully saturated rings. The Labute approximate surface area is 134 Å². The Morgan fingerprint density at radius 1 is 1.27 bits per heavy atom. The molecule has 0 spiro atoms. The standard InChI is InChI=1S/C16H19N3O2S/c1-19-16(11-4-2-3-5-12(11)17)22-15(18-19)10-6-7-13-14(8-10)21-9-20-13/h6-8,12H,2-5,9,17H2,1H3. The molecule has 22 heavy (non-hydrogen) atoms. The van der Waals surface area contributed by atoms with E-state index in [4.69, 9.17) is 15.2 Å². The molecule has 2 aliphatic heterocycles. The fourth-order valence-corrected chi connectivity index (χ4v) is 4.23. The summed E-state index contributed by atoms with van der Waals surface area (Å²) in [5, 5.41) is 8.82. The highest BCUT2D eigenvalue weighted by Crippen LogP contribution is 2.40. The average molecular weight is 317 g/mol. The number of rotatable bonds is 1. The van der Waals surface area contributed by atoms with Crippen LogP contribution in [0.5, 0.6) is 11.5 Å². The van der Waals surface area contributed by atoms with Crippen molar-refractivity contribution in [1.29, 1.82) is 0 Å². The Morgan fingerprint density at radius 2 is 2.14 bits per heavy atom. The monoisotopic (exact) mass is 317 g/mol. The summed E-state index contributed by atoms with van der Waals surface area (Å²) in [7, 11) is 2.00. The van der Waals surface area contributed by atoms with Gasteiger partial charge in [0.1, 0.15) is 5.04 Å². The molecule has 0 amide bonds. The molecule has 3 aliphatic rings. The van der Waals surface area contributed by atoms with Gasteiger partial charge in [-0.1, -0.05) is 6.42 Å². The molecule has 4 rings (SSSR count). The van der Waals surface area contributed by atoms with Crippen molar-refractivity contribution in [3.05, 3.63) is 34.4 Å². The molecule has 116 valence electrons. The minimum absolute atomic E-state index is 0.171. The third kappa shape index (κ3) is 2.36. The van der Waals surface area contributed by atoms with Crippen LogP contribution in [0.4, 0.5) is 0 Å². The SMILES string of the molecule is CN1N=C(c2ccc3c(c2)OCO3)SC1=C1CCCCC1N. The Kier molecular flexibility index (Phi) is 3.50. The van der Waals surface area contributed by atoms with Gasteiger partial charge in [-0.3, -0.25) is 5.01 Å². The smallest absolute Gasteiger partial charge is 0.231 e. The Bertz CT molecular complexity index is 671. The van der Waals surface area contributed by atoms with Gasteiger partial charge in [0.05, 0.1) is 5.03 Å². The zero-order valence-corrected chi connectivity index (χ0v) is 13.4. The van der Waals surface area contributed by atoms with Crippen molar-refractivity contribution < 1.29 is 9.47 Å². The van der Waals surface area contributed by atoms with E-state index in [9.17, 15) is 0 Å². The number of benzene rings is 1. The van der Waals surface area contributed by atoms with Gasteiger partial charge in [-0.15, -0.1) is 0 Å². The largest absolute Gasteiger partial charge is 0.454 e. The summed E-state index contributed by atoms with van der Waals surface area (Å²) in [6.45, 7) is 0.294. The summed E-state index contributed by atoms with van der Waals surface area (Å²) in [4.78, 5) is 0. The fraction of sp³-hybridized carbons (Fsp3) is 0.438. The highest BCUT2D eigenvalue weighted by Gasteiger charge is 2.28. The highest BCUT2D eigenvalue weighted by atomic mass is 32.2. The lowest BCUT2D eigenvalue weighted by Gasteiger charge is -2.25. The highest BCUT2D eigenvalue weighted by molar-refractivity contribution is 8.17. The number of ether oxygens (including phenoxy) is 2. The number of hydrogen-bond acceptors (Lipinski definition) is 6. The van der Waals surface area contributed by atoms with Gasteiger partial charge in [-0.2, -0.15) is 5.10 Å². The summed E-state index contributed by atoms with van der Waals surface area (Å²) in [6.07, 6.45) is 4.60. The fourth-order valence-electron chi connectivity index (χ4n) is 3.08. The molecule has 0 radical (unpaired) electrons. The van der Waals surface area contributed by atoms with Crippen LogP contribution in [0.2, 0.25) is 0 Å². The predicted molar refractivity (Wildman–Crippen MR) is 87.9 cm³/mol. The van der Waals surface area contributed by atoms with Gasteiger partial charge in [-0.05, 0) is 54.8 Å². The van der Waals surface area contributed by atoms with Crippen LogP contribution in [0, 0.1) is 0 Å². The summed E-state index contributed by atoms with van der Waals surface area (Å²) in [5.41, 5.74) is 8.70. The zero-order chi connectivity index (χ0) is 15.1. The van der Waals surface area contributed by atoms with E-state index >= 15 is 0 Å². The minimum Gasteiger partial charge on any atom is -0.454 e. The molecule has 1 atom stereocenters. The molecule has 2 heterocycles. The zero-order valence-electron chi connectivity index (χ0n) is 12.5. The normalized spacial score (nSPS) is 27.3. The number of thioether (sulfide) groups is 1. The van der Waals surface area contributed by atoms with Crippen LogP contribution in [0.25, 0.3) is 0 Å². The maximum absolute atomic E-state index is 6.29. The van der Waals surface area contributed by atoms with Crippen LogP contribution in [0.1, 0.15) is 31.2 Å². The van der Waals surface area contributed by atoms with Gasteiger partial charge in [-0.25, -0.2) is 0 Å². The number of fused-ring (bicyclic) bond motifs is 1. The molecule has 1 aliphatic carbocycles. The maximum Gasteiger partial charge on any atom is 0.231 e. The summed E-state index contributed by atoms with van der Waals surface area (Å²) in [6, 6.07) is 6.14. The topological polar surface area (TPSA) is 60.1 Å². The Morgan fingerprint density at radius 3 is 3.00 bits per heavy atom. The minimum atomic E-state index is 0.171. The van der Waals surface area contributed by atoms with Crippen molar-refractivity contribution in [2.45, 2.75) is 31.7 Å². The molecule has 0 bridgehead atoms. The van der Waals surface area contributed by atoms with E-state index in [1.165, 1.54) is 23.4 Å². The van der Waals surface area contributed by atoms with Crippen molar-refractivity contribution >= 4 is 16.8 Å². The van der Waals surface area contributed by atoms with Crippen molar-refractivity contribution in [2.75, 3.05) is 13.8 Å². The number of hydrazone groups is 1. The molecular weight excluding hydrogens is 298 g/mol. The van der Waals surface area contributed by atoms with Crippen LogP contribution in [0.3, 0.4) is 0 Å². The van der Waals surface area contributed by atoms with Gasteiger partial charge >= 0.3 is 0 Å². The van der Waals surface area contributed by atoms with Crippen molar-refractivity contribution in [1.82, 2.24) is 5.01 Å². The molecule has 1 aromatic carbocycles. The second-order valence-electron chi connectivity index (χ2n) is 5.78. The first-order valence-electron chi connectivity index (χ1n) is 7.61. The lowest BCUT2D eigenvalue weighted by atomic mass is 9.91. The summed E-state index contributed by atoms with van der Waals surface area (Å²) in [5.74, 6) is 1.59. The van der Waals surface area contributed by atoms with E-state index in [-0.39, 0.29) is 6.04 Å². The molecule has 1 unspecified atom stereocenters. The maximum atomic E-state index is 6.29. The first kappa shape index (κ1) is 14.0. The van der Waals surface area contributed by atoms with Gasteiger partial charge in [0.25, 0.3) is 0 Å². The van der Waals surface area contributed by atoms with Crippen molar-refractivity contribution in [3.63, 3.8) is 0 Å². The first-order chi connectivity index (χ1) is 10.7. The van der Waals surface area contributed by atoms with Gasteiger partial charge in [0.2, 0.25) is 6.79 Å². The van der Waals surface area contributed by atoms with Crippen LogP contribution in [0.15, 0.2) is 33.9 Å². The van der Waals surface area contributed by atoms with Gasteiger partial charge in [0, 0.05) is 18.7 Å². The molecule has 1 saturated carbocycles. The van der Waals surface area contributed by atoms with Gasteiger partial charge in [0.15, 0.2) is 11.5 Å². The average Bonchev–Trinajstić information content (AvgIpc) is 3.13. The molecule has 0 saturated heterocycles. The Balaban J connectivity index is 1.62.